The van der Waals surface area contributed by atoms with Crippen molar-refractivity contribution in [3.05, 3.63) is 35.4 Å². The summed E-state index contributed by atoms with van der Waals surface area (Å²) in [6.45, 7) is 2.35. The number of carbonyl (C=O) groups excluding carboxylic acids is 1. The molecule has 4 nitrogen and oxygen atoms in total. The molecule has 0 radical (unpaired) electrons. The summed E-state index contributed by atoms with van der Waals surface area (Å²) in [6, 6.07) is 4.60. The van der Waals surface area contributed by atoms with Crippen LogP contribution in [0, 0.1) is 0 Å². The third kappa shape index (κ3) is 4.98. The number of carbonyl (C=O) groups is 1. The first-order valence-electron chi connectivity index (χ1n) is 9.13. The number of piperidine rings is 1. The van der Waals surface area contributed by atoms with Crippen molar-refractivity contribution in [1.29, 1.82) is 0 Å². The molecule has 2 saturated heterocycles. The Morgan fingerprint density at radius 3 is 2.62 bits per heavy atom. The Balaban J connectivity index is 1.49. The summed E-state index contributed by atoms with van der Waals surface area (Å²) in [5, 5.41) is 0. The van der Waals surface area contributed by atoms with Crippen molar-refractivity contribution in [3.8, 4) is 0 Å². The van der Waals surface area contributed by atoms with E-state index in [1.165, 1.54) is 12.1 Å². The van der Waals surface area contributed by atoms with E-state index in [1.807, 2.05) is 0 Å². The Morgan fingerprint density at radius 1 is 1.19 bits per heavy atom. The van der Waals surface area contributed by atoms with Crippen LogP contribution in [0.2, 0.25) is 0 Å². The van der Waals surface area contributed by atoms with E-state index in [0.717, 1.165) is 38.0 Å². The minimum atomic E-state index is -4.45. The van der Waals surface area contributed by atoms with Gasteiger partial charge in [0.25, 0.3) is 5.91 Å². The van der Waals surface area contributed by atoms with Gasteiger partial charge in [-0.1, -0.05) is 6.07 Å². The molecule has 26 heavy (non-hydrogen) atoms. The van der Waals surface area contributed by atoms with E-state index in [-0.39, 0.29) is 23.7 Å². The van der Waals surface area contributed by atoms with Crippen molar-refractivity contribution < 1.29 is 27.4 Å². The summed E-state index contributed by atoms with van der Waals surface area (Å²) in [6.07, 6.45) is 0.462. The third-order valence-electron chi connectivity index (χ3n) is 4.96. The molecule has 0 saturated carbocycles. The molecule has 144 valence electrons. The molecule has 2 fully saturated rings. The van der Waals surface area contributed by atoms with Crippen LogP contribution in [0.25, 0.3) is 0 Å². The number of halogens is 3. The van der Waals surface area contributed by atoms with Gasteiger partial charge in [0.05, 0.1) is 24.4 Å². The van der Waals surface area contributed by atoms with Crippen LogP contribution in [-0.4, -0.2) is 49.3 Å². The van der Waals surface area contributed by atoms with Crippen LogP contribution in [0.3, 0.4) is 0 Å². The summed E-state index contributed by atoms with van der Waals surface area (Å²) in [5.41, 5.74) is -0.719. The van der Waals surface area contributed by atoms with Gasteiger partial charge in [-0.15, -0.1) is 0 Å². The van der Waals surface area contributed by atoms with Gasteiger partial charge in [-0.25, -0.2) is 0 Å². The zero-order valence-electron chi connectivity index (χ0n) is 14.6. The summed E-state index contributed by atoms with van der Waals surface area (Å²) < 4.78 is 50.0. The highest BCUT2D eigenvalue weighted by atomic mass is 19.4. The molecule has 0 spiro atoms. The van der Waals surface area contributed by atoms with Crippen molar-refractivity contribution in [2.24, 2.45) is 0 Å². The van der Waals surface area contributed by atoms with Crippen LogP contribution in [-0.2, 0) is 15.7 Å². The molecule has 2 aliphatic rings. The molecule has 7 heteroatoms. The zero-order chi connectivity index (χ0) is 18.6. The lowest BCUT2D eigenvalue weighted by molar-refractivity contribution is -0.137. The molecule has 1 aromatic carbocycles. The van der Waals surface area contributed by atoms with Gasteiger partial charge in [-0.2, -0.15) is 13.2 Å². The van der Waals surface area contributed by atoms with Crippen LogP contribution in [0.4, 0.5) is 13.2 Å². The zero-order valence-corrected chi connectivity index (χ0v) is 14.6. The fourth-order valence-electron chi connectivity index (χ4n) is 3.42. The average Bonchev–Trinajstić information content (AvgIpc) is 2.66. The summed E-state index contributed by atoms with van der Waals surface area (Å²) in [5.74, 6) is -0.356. The van der Waals surface area contributed by atoms with Gasteiger partial charge in [-0.3, -0.25) is 4.79 Å². The Bertz CT molecular complexity index is 606. The molecule has 2 heterocycles. The molecular formula is C19H24F3NO3. The van der Waals surface area contributed by atoms with E-state index in [0.29, 0.717) is 32.5 Å². The van der Waals surface area contributed by atoms with E-state index in [1.54, 1.807) is 4.90 Å². The van der Waals surface area contributed by atoms with Gasteiger partial charge in [0, 0.05) is 25.3 Å². The first-order valence-corrected chi connectivity index (χ1v) is 9.13. The maximum atomic E-state index is 12.8. The summed E-state index contributed by atoms with van der Waals surface area (Å²) in [7, 11) is 0. The van der Waals surface area contributed by atoms with Crippen LogP contribution >= 0.6 is 0 Å². The Labute approximate surface area is 151 Å². The summed E-state index contributed by atoms with van der Waals surface area (Å²) >= 11 is 0. The second-order valence-electron chi connectivity index (χ2n) is 6.89. The lowest BCUT2D eigenvalue weighted by atomic mass is 10.0. The van der Waals surface area contributed by atoms with Gasteiger partial charge in [0.2, 0.25) is 0 Å². The lowest BCUT2D eigenvalue weighted by Crippen LogP contribution is -2.41. The first kappa shape index (κ1) is 19.2. The Morgan fingerprint density at radius 2 is 1.96 bits per heavy atom. The van der Waals surface area contributed by atoms with Crippen molar-refractivity contribution >= 4 is 5.91 Å². The number of hydrogen-bond donors (Lipinski definition) is 0. The molecule has 1 atom stereocenters. The molecule has 0 bridgehead atoms. The quantitative estimate of drug-likeness (QED) is 0.806. The van der Waals surface area contributed by atoms with Crippen LogP contribution < -0.4 is 0 Å². The molecule has 0 aliphatic carbocycles. The number of amides is 1. The van der Waals surface area contributed by atoms with Crippen molar-refractivity contribution in [1.82, 2.24) is 4.90 Å². The normalized spacial score (nSPS) is 22.4. The predicted octanol–water partition coefficient (Wildman–Crippen LogP) is 3.90. The highest BCUT2D eigenvalue weighted by molar-refractivity contribution is 5.94. The second-order valence-corrected chi connectivity index (χ2v) is 6.89. The van der Waals surface area contributed by atoms with Gasteiger partial charge in [0.1, 0.15) is 0 Å². The van der Waals surface area contributed by atoms with Crippen molar-refractivity contribution in [2.75, 3.05) is 26.3 Å². The summed E-state index contributed by atoms with van der Waals surface area (Å²) in [4.78, 5) is 14.1. The minimum Gasteiger partial charge on any atom is -0.376 e. The number of hydrogen-bond acceptors (Lipinski definition) is 3. The van der Waals surface area contributed by atoms with E-state index >= 15 is 0 Å². The monoisotopic (exact) mass is 371 g/mol. The van der Waals surface area contributed by atoms with E-state index in [9.17, 15) is 18.0 Å². The highest BCUT2D eigenvalue weighted by Gasteiger charge is 2.32. The molecule has 3 rings (SSSR count). The maximum absolute atomic E-state index is 12.8. The highest BCUT2D eigenvalue weighted by Crippen LogP contribution is 2.30. The molecule has 0 N–H and O–H groups in total. The maximum Gasteiger partial charge on any atom is 0.416 e. The number of ether oxygens (including phenoxy) is 2. The number of benzene rings is 1. The van der Waals surface area contributed by atoms with Gasteiger partial charge in [-0.05, 0) is 50.3 Å². The second kappa shape index (κ2) is 8.39. The molecule has 1 unspecified atom stereocenters. The van der Waals surface area contributed by atoms with Gasteiger partial charge >= 0.3 is 6.18 Å². The van der Waals surface area contributed by atoms with E-state index in [2.05, 4.69) is 0 Å². The molecule has 2 aliphatic heterocycles. The predicted molar refractivity (Wildman–Crippen MR) is 89.9 cm³/mol. The van der Waals surface area contributed by atoms with Crippen LogP contribution in [0.5, 0.6) is 0 Å². The minimum absolute atomic E-state index is 0.0751. The first-order chi connectivity index (χ1) is 12.4. The molecule has 1 aromatic rings. The number of likely N-dealkylation sites (tertiary alicyclic amines) is 1. The standard InChI is InChI=1S/C19H24F3NO3/c20-19(21,22)15-5-3-4-14(12-15)18(24)23-9-7-16(8-10-23)26-13-17-6-1-2-11-25-17/h3-5,12,16-17H,1-2,6-11,13H2. The van der Waals surface area contributed by atoms with Crippen molar-refractivity contribution in [3.63, 3.8) is 0 Å². The lowest BCUT2D eigenvalue weighted by Gasteiger charge is -2.33. The fourth-order valence-corrected chi connectivity index (χ4v) is 3.42. The Hall–Kier alpha value is -1.60. The third-order valence-corrected chi connectivity index (χ3v) is 4.96. The van der Waals surface area contributed by atoms with E-state index < -0.39 is 11.7 Å². The van der Waals surface area contributed by atoms with E-state index in [4.69, 9.17) is 9.47 Å². The van der Waals surface area contributed by atoms with Gasteiger partial charge in [0.15, 0.2) is 0 Å². The van der Waals surface area contributed by atoms with Crippen LogP contribution in [0.15, 0.2) is 24.3 Å². The SMILES string of the molecule is O=C(c1cccc(C(F)(F)F)c1)N1CCC(OCC2CCCCO2)CC1. The topological polar surface area (TPSA) is 38.8 Å². The fraction of sp³-hybridized carbons (Fsp3) is 0.632. The Kier molecular flexibility index (Phi) is 6.19. The average molecular weight is 371 g/mol. The molecular weight excluding hydrogens is 347 g/mol. The largest absolute Gasteiger partial charge is 0.416 e. The number of nitrogens with zero attached hydrogens (tertiary/aromatic N) is 1. The smallest absolute Gasteiger partial charge is 0.376 e. The van der Waals surface area contributed by atoms with Crippen LogP contribution in [0.1, 0.15) is 48.0 Å². The van der Waals surface area contributed by atoms with Gasteiger partial charge < -0.3 is 14.4 Å². The number of alkyl halides is 3. The molecule has 1 amide bonds. The molecule has 0 aromatic heterocycles. The van der Waals surface area contributed by atoms with Crippen molar-refractivity contribution in [2.45, 2.75) is 50.5 Å². The number of rotatable bonds is 4.